The topological polar surface area (TPSA) is 115 Å². The van der Waals surface area contributed by atoms with Crippen LogP contribution in [0, 0.1) is 0 Å². The van der Waals surface area contributed by atoms with Crippen molar-refractivity contribution in [2.75, 3.05) is 19.8 Å². The van der Waals surface area contributed by atoms with Crippen molar-refractivity contribution in [3.63, 3.8) is 0 Å². The predicted molar refractivity (Wildman–Crippen MR) is 147 cm³/mol. The fourth-order valence-corrected chi connectivity index (χ4v) is 3.50. The monoisotopic (exact) mass is 581 g/mol. The Morgan fingerprint density at radius 2 is 1.55 bits per heavy atom. The summed E-state index contributed by atoms with van der Waals surface area (Å²) < 4.78 is 17.1. The fourth-order valence-electron chi connectivity index (χ4n) is 3.12. The number of benzene rings is 3. The van der Waals surface area contributed by atoms with Gasteiger partial charge >= 0.3 is 5.97 Å². The van der Waals surface area contributed by atoms with Gasteiger partial charge in [-0.2, -0.15) is 5.10 Å². The van der Waals surface area contributed by atoms with Gasteiger partial charge in [0.05, 0.1) is 31.5 Å². The SMILES string of the molecule is CCCOc1ccc(C(=O)NCC(=O)NN=Cc2cc(Br)ccc2OC(=O)c2ccc(OCC)cc2)cc1. The van der Waals surface area contributed by atoms with E-state index in [1.54, 1.807) is 66.7 Å². The minimum Gasteiger partial charge on any atom is -0.494 e. The molecule has 2 N–H and O–H groups in total. The van der Waals surface area contributed by atoms with E-state index in [0.29, 0.717) is 41.4 Å². The van der Waals surface area contributed by atoms with E-state index in [1.807, 2.05) is 13.8 Å². The summed E-state index contributed by atoms with van der Waals surface area (Å²) >= 11 is 3.37. The number of hydrogen-bond donors (Lipinski definition) is 2. The van der Waals surface area contributed by atoms with E-state index < -0.39 is 17.8 Å². The highest BCUT2D eigenvalue weighted by molar-refractivity contribution is 9.10. The maximum absolute atomic E-state index is 12.6. The summed E-state index contributed by atoms with van der Waals surface area (Å²) in [4.78, 5) is 37.1. The summed E-state index contributed by atoms with van der Waals surface area (Å²) in [6, 6.07) is 18.3. The smallest absolute Gasteiger partial charge is 0.343 e. The molecule has 2 amide bonds. The molecule has 0 fully saturated rings. The Hall–Kier alpha value is -4.18. The lowest BCUT2D eigenvalue weighted by Gasteiger charge is -2.09. The number of halogens is 1. The van der Waals surface area contributed by atoms with Gasteiger partial charge in [-0.05, 0) is 80.1 Å². The van der Waals surface area contributed by atoms with Crippen molar-refractivity contribution < 1.29 is 28.6 Å². The number of hydrazone groups is 1. The number of carbonyl (C=O) groups excluding carboxylic acids is 3. The normalized spacial score (nSPS) is 10.6. The van der Waals surface area contributed by atoms with Gasteiger partial charge in [-0.3, -0.25) is 9.59 Å². The first-order valence-corrected chi connectivity index (χ1v) is 12.8. The van der Waals surface area contributed by atoms with Crippen molar-refractivity contribution in [1.82, 2.24) is 10.7 Å². The lowest BCUT2D eigenvalue weighted by Crippen LogP contribution is -2.34. The summed E-state index contributed by atoms with van der Waals surface area (Å²) in [6.07, 6.45) is 2.23. The van der Waals surface area contributed by atoms with Gasteiger partial charge < -0.3 is 19.5 Å². The Balaban J connectivity index is 1.54. The van der Waals surface area contributed by atoms with Gasteiger partial charge in [0, 0.05) is 15.6 Å². The van der Waals surface area contributed by atoms with Gasteiger partial charge in [0.2, 0.25) is 0 Å². The number of ether oxygens (including phenoxy) is 3. The largest absolute Gasteiger partial charge is 0.494 e. The van der Waals surface area contributed by atoms with Gasteiger partial charge in [0.15, 0.2) is 0 Å². The molecular weight excluding hydrogens is 554 g/mol. The summed E-state index contributed by atoms with van der Waals surface area (Å²) in [6.45, 7) is 4.73. The Morgan fingerprint density at radius 3 is 2.21 bits per heavy atom. The molecule has 0 bridgehead atoms. The summed E-state index contributed by atoms with van der Waals surface area (Å²) in [5, 5.41) is 6.46. The molecule has 9 nitrogen and oxygen atoms in total. The third kappa shape index (κ3) is 8.74. The summed E-state index contributed by atoms with van der Waals surface area (Å²) in [5.74, 6) is 0.100. The molecule has 0 unspecified atom stereocenters. The van der Waals surface area contributed by atoms with Crippen LogP contribution in [0.1, 0.15) is 46.5 Å². The first-order valence-electron chi connectivity index (χ1n) is 12.0. The molecule has 3 rings (SSSR count). The zero-order valence-electron chi connectivity index (χ0n) is 21.0. The third-order valence-electron chi connectivity index (χ3n) is 4.97. The Labute approximate surface area is 229 Å². The van der Waals surface area contributed by atoms with Gasteiger partial charge in [0.1, 0.15) is 17.2 Å². The molecule has 38 heavy (non-hydrogen) atoms. The van der Waals surface area contributed by atoms with Crippen LogP contribution in [0.5, 0.6) is 17.2 Å². The molecule has 0 heterocycles. The minimum atomic E-state index is -0.554. The highest BCUT2D eigenvalue weighted by atomic mass is 79.9. The van der Waals surface area contributed by atoms with Crippen LogP contribution in [0.25, 0.3) is 0 Å². The van der Waals surface area contributed by atoms with Crippen molar-refractivity contribution in [2.24, 2.45) is 5.10 Å². The van der Waals surface area contributed by atoms with Crippen LogP contribution >= 0.6 is 15.9 Å². The minimum absolute atomic E-state index is 0.254. The maximum Gasteiger partial charge on any atom is 0.343 e. The molecule has 3 aromatic rings. The van der Waals surface area contributed by atoms with E-state index >= 15 is 0 Å². The van der Waals surface area contributed by atoms with Crippen LogP contribution < -0.4 is 25.0 Å². The average Bonchev–Trinajstić information content (AvgIpc) is 2.92. The van der Waals surface area contributed by atoms with Gasteiger partial charge in [-0.25, -0.2) is 10.2 Å². The molecular formula is C28H28BrN3O6. The number of esters is 1. The van der Waals surface area contributed by atoms with Crippen LogP contribution in [0.2, 0.25) is 0 Å². The average molecular weight is 582 g/mol. The summed E-state index contributed by atoms with van der Waals surface area (Å²) in [7, 11) is 0. The van der Waals surface area contributed by atoms with Crippen LogP contribution in [-0.4, -0.2) is 43.8 Å². The molecule has 198 valence electrons. The van der Waals surface area contributed by atoms with Crippen molar-refractivity contribution in [3.8, 4) is 17.2 Å². The third-order valence-corrected chi connectivity index (χ3v) is 5.46. The van der Waals surface area contributed by atoms with Crippen molar-refractivity contribution in [1.29, 1.82) is 0 Å². The number of nitrogens with one attached hydrogen (secondary N) is 2. The van der Waals surface area contributed by atoms with E-state index in [-0.39, 0.29) is 12.3 Å². The molecule has 0 saturated carbocycles. The number of hydrogen-bond acceptors (Lipinski definition) is 7. The number of amides is 2. The molecule has 0 radical (unpaired) electrons. The molecule has 0 saturated heterocycles. The Bertz CT molecular complexity index is 1280. The second kappa shape index (κ2) is 14.5. The number of rotatable bonds is 12. The van der Waals surface area contributed by atoms with E-state index in [1.165, 1.54) is 6.21 Å². The van der Waals surface area contributed by atoms with E-state index in [9.17, 15) is 14.4 Å². The molecule has 10 heteroatoms. The maximum atomic E-state index is 12.6. The van der Waals surface area contributed by atoms with E-state index in [0.717, 1.165) is 10.9 Å². The van der Waals surface area contributed by atoms with Gasteiger partial charge in [-0.1, -0.05) is 22.9 Å². The van der Waals surface area contributed by atoms with Crippen molar-refractivity contribution >= 4 is 39.9 Å². The highest BCUT2D eigenvalue weighted by Gasteiger charge is 2.12. The molecule has 3 aromatic carbocycles. The first kappa shape index (κ1) is 28.4. The molecule has 0 aromatic heterocycles. The first-order chi connectivity index (χ1) is 18.4. The van der Waals surface area contributed by atoms with Crippen LogP contribution in [0.3, 0.4) is 0 Å². The fraction of sp³-hybridized carbons (Fsp3) is 0.214. The Morgan fingerprint density at radius 1 is 0.895 bits per heavy atom. The van der Waals surface area contributed by atoms with Crippen molar-refractivity contribution in [2.45, 2.75) is 20.3 Å². The molecule has 0 atom stereocenters. The van der Waals surface area contributed by atoms with Crippen LogP contribution in [-0.2, 0) is 4.79 Å². The predicted octanol–water partition coefficient (Wildman–Crippen LogP) is 4.74. The van der Waals surface area contributed by atoms with Gasteiger partial charge in [-0.15, -0.1) is 0 Å². The zero-order valence-corrected chi connectivity index (χ0v) is 22.6. The quantitative estimate of drug-likeness (QED) is 0.138. The van der Waals surface area contributed by atoms with Crippen molar-refractivity contribution in [3.05, 3.63) is 87.9 Å². The highest BCUT2D eigenvalue weighted by Crippen LogP contribution is 2.23. The standard InChI is InChI=1S/C28H28BrN3O6/c1-3-15-37-24-10-5-19(6-11-24)27(34)30-18-26(33)32-31-17-21-16-22(29)9-14-25(21)38-28(35)20-7-12-23(13-8-20)36-4-2/h5-14,16-17H,3-4,15,18H2,1-2H3,(H,30,34)(H,32,33). The molecule has 0 aliphatic carbocycles. The molecule has 0 spiro atoms. The second-order valence-corrected chi connectivity index (χ2v) is 8.79. The molecule has 0 aliphatic heterocycles. The van der Waals surface area contributed by atoms with Crippen LogP contribution in [0.4, 0.5) is 0 Å². The van der Waals surface area contributed by atoms with E-state index in [4.69, 9.17) is 14.2 Å². The lowest BCUT2D eigenvalue weighted by atomic mass is 10.2. The summed E-state index contributed by atoms with van der Waals surface area (Å²) in [5.41, 5.74) is 3.55. The number of carbonyl (C=O) groups is 3. The van der Waals surface area contributed by atoms with E-state index in [2.05, 4.69) is 31.8 Å². The second-order valence-electron chi connectivity index (χ2n) is 7.88. The lowest BCUT2D eigenvalue weighted by molar-refractivity contribution is -0.120. The Kier molecular flexibility index (Phi) is 10.9. The number of nitrogens with zero attached hydrogens (tertiary/aromatic N) is 1. The van der Waals surface area contributed by atoms with Crippen LogP contribution in [0.15, 0.2) is 76.3 Å². The zero-order chi connectivity index (χ0) is 27.3. The molecule has 0 aliphatic rings. The van der Waals surface area contributed by atoms with Gasteiger partial charge in [0.25, 0.3) is 11.8 Å².